The molecule has 3 amide bonds. The summed E-state index contributed by atoms with van der Waals surface area (Å²) in [7, 11) is 1.53. The van der Waals surface area contributed by atoms with Crippen LogP contribution in [0.4, 0.5) is 36.2 Å². The van der Waals surface area contributed by atoms with E-state index in [0.29, 0.717) is 61.7 Å². The Morgan fingerprint density at radius 3 is 2.16 bits per heavy atom. The van der Waals surface area contributed by atoms with Gasteiger partial charge in [-0.1, -0.05) is 6.07 Å². The van der Waals surface area contributed by atoms with Crippen molar-refractivity contribution in [2.75, 3.05) is 99.1 Å². The molecule has 4 aliphatic rings. The maximum Gasteiger partial charge on any atom is 0.417 e. The number of alkyl halides is 3. The molecule has 7 rings (SSSR count). The molecule has 0 radical (unpaired) electrons. The monoisotopic (exact) mass is 942 g/mol. The van der Waals surface area contributed by atoms with Gasteiger partial charge in [0.2, 0.25) is 18.2 Å². The Labute approximate surface area is 398 Å². The summed E-state index contributed by atoms with van der Waals surface area (Å²) in [6.07, 6.45) is 4.45. The lowest BCUT2D eigenvalue weighted by Gasteiger charge is -2.44. The number of amides is 3. The number of aromatic nitrogens is 2. The van der Waals surface area contributed by atoms with E-state index in [1.54, 1.807) is 6.07 Å². The lowest BCUT2D eigenvalue weighted by Crippen LogP contribution is -2.54. The second kappa shape index (κ2) is 23.0. The highest BCUT2D eigenvalue weighted by Crippen LogP contribution is 2.36. The number of carbonyl (C=O) groups excluding carboxylic acids is 4. The molecule has 15 nitrogen and oxygen atoms in total. The van der Waals surface area contributed by atoms with Crippen molar-refractivity contribution < 1.29 is 32.3 Å². The number of carbonyl (C=O) groups is 4. The van der Waals surface area contributed by atoms with Crippen LogP contribution in [0.15, 0.2) is 48.7 Å². The fraction of sp³-hybridized carbons (Fsp3) is 0.580. The third kappa shape index (κ3) is 12.6. The molecule has 6 heterocycles. The molecular formula is C50H66F3N11O4. The SMILES string of the molecule is CNC(=O)C(CCC=O)N(C=O)Cc1nc(N2CCC(CN3CCN(CC4CCN(c5ccc(NC(=O)C6CCN(c7ccc(C#N)c(C(F)(F)F)c7)CC6)nc5)CC4)CC3C)CC2)ccc1C. The van der Waals surface area contributed by atoms with Gasteiger partial charge in [0.15, 0.2) is 0 Å². The number of pyridine rings is 2. The molecular weight excluding hydrogens is 876 g/mol. The number of nitriles is 1. The summed E-state index contributed by atoms with van der Waals surface area (Å²) in [6.45, 7) is 14.5. The van der Waals surface area contributed by atoms with Crippen LogP contribution < -0.4 is 25.3 Å². The smallest absolute Gasteiger partial charge is 0.371 e. The summed E-state index contributed by atoms with van der Waals surface area (Å²) in [4.78, 5) is 71.7. The van der Waals surface area contributed by atoms with Gasteiger partial charge in [0.1, 0.15) is 24.0 Å². The molecule has 18 heteroatoms. The van der Waals surface area contributed by atoms with Gasteiger partial charge < -0.3 is 39.9 Å². The highest BCUT2D eigenvalue weighted by molar-refractivity contribution is 5.92. The van der Waals surface area contributed by atoms with E-state index in [-0.39, 0.29) is 37.1 Å². The number of hydrogen-bond acceptors (Lipinski definition) is 12. The summed E-state index contributed by atoms with van der Waals surface area (Å²) in [5.41, 5.74) is 1.77. The minimum atomic E-state index is -4.62. The largest absolute Gasteiger partial charge is 0.417 e. The highest BCUT2D eigenvalue weighted by atomic mass is 19.4. The van der Waals surface area contributed by atoms with Gasteiger partial charge in [-0.2, -0.15) is 18.4 Å². The van der Waals surface area contributed by atoms with Gasteiger partial charge in [-0.05, 0) is 113 Å². The lowest BCUT2D eigenvalue weighted by atomic mass is 9.94. The van der Waals surface area contributed by atoms with Crippen molar-refractivity contribution in [3.63, 3.8) is 0 Å². The number of benzene rings is 1. The van der Waals surface area contributed by atoms with E-state index in [0.717, 1.165) is 120 Å². The molecule has 0 spiro atoms. The van der Waals surface area contributed by atoms with Gasteiger partial charge in [0.25, 0.3) is 0 Å². The average Bonchev–Trinajstić information content (AvgIpc) is 3.35. The van der Waals surface area contributed by atoms with E-state index in [1.807, 2.05) is 42.3 Å². The van der Waals surface area contributed by atoms with Crippen molar-refractivity contribution in [1.82, 2.24) is 30.0 Å². The molecule has 366 valence electrons. The fourth-order valence-electron chi connectivity index (χ4n) is 10.4. The quantitative estimate of drug-likeness (QED) is 0.159. The zero-order valence-corrected chi connectivity index (χ0v) is 39.6. The minimum Gasteiger partial charge on any atom is -0.371 e. The first-order valence-electron chi connectivity index (χ1n) is 24.2. The molecule has 2 unspecified atom stereocenters. The predicted molar refractivity (Wildman–Crippen MR) is 255 cm³/mol. The van der Waals surface area contributed by atoms with Crippen molar-refractivity contribution in [3.05, 3.63) is 71.0 Å². The Morgan fingerprint density at radius 2 is 1.54 bits per heavy atom. The zero-order chi connectivity index (χ0) is 48.4. The van der Waals surface area contributed by atoms with Gasteiger partial charge in [0.05, 0.1) is 41.3 Å². The summed E-state index contributed by atoms with van der Waals surface area (Å²) in [6, 6.07) is 13.0. The van der Waals surface area contributed by atoms with Gasteiger partial charge in [-0.25, -0.2) is 9.97 Å². The Hall–Kier alpha value is -5.80. The summed E-state index contributed by atoms with van der Waals surface area (Å²) in [5.74, 6) is 1.89. The number of anilines is 4. The van der Waals surface area contributed by atoms with Crippen LogP contribution >= 0.6 is 0 Å². The molecule has 0 aliphatic carbocycles. The average molecular weight is 942 g/mol. The van der Waals surface area contributed by atoms with Crippen molar-refractivity contribution in [2.24, 2.45) is 17.8 Å². The summed E-state index contributed by atoms with van der Waals surface area (Å²) < 4.78 is 40.5. The molecule has 0 bridgehead atoms. The van der Waals surface area contributed by atoms with Crippen molar-refractivity contribution in [1.29, 1.82) is 5.26 Å². The van der Waals surface area contributed by atoms with Crippen LogP contribution in [-0.2, 0) is 31.9 Å². The molecule has 4 fully saturated rings. The first kappa shape index (κ1) is 50.1. The topological polar surface area (TPSA) is 161 Å². The standard InChI is InChI=1S/C50H66F3N11O4/c1-35-6-11-47(57-44(35)33-64(34-66)45(5-4-26-65)49(68)55-3)62-20-14-38(15-21-62)32-63-25-24-59(30-36(63)2)31-37-12-18-61(19-13-37)42-9-10-46(56-29-42)58-48(67)39-16-22-60(23-17-39)41-8-7-40(28-54)43(27-41)50(51,52)53/h6-11,26-27,29,34,36-39,45H,4-5,12-25,30-33H2,1-3H3,(H,55,68)(H,56,58,67). The van der Waals surface area contributed by atoms with Crippen LogP contribution in [0.2, 0.25) is 0 Å². The number of aryl methyl sites for hydroxylation is 1. The molecule has 4 aliphatic heterocycles. The van der Waals surface area contributed by atoms with Crippen LogP contribution in [0.5, 0.6) is 0 Å². The third-order valence-electron chi connectivity index (χ3n) is 14.6. The molecule has 3 aromatic rings. The molecule has 4 saturated heterocycles. The number of nitrogens with zero attached hydrogens (tertiary/aromatic N) is 9. The molecule has 0 saturated carbocycles. The number of rotatable bonds is 17. The van der Waals surface area contributed by atoms with Crippen molar-refractivity contribution in [2.45, 2.75) is 90.0 Å². The van der Waals surface area contributed by atoms with E-state index in [2.05, 4.69) is 42.1 Å². The molecule has 2 aromatic heterocycles. The number of hydrogen-bond donors (Lipinski definition) is 2. The van der Waals surface area contributed by atoms with Gasteiger partial charge >= 0.3 is 6.18 Å². The number of halogens is 3. The van der Waals surface area contributed by atoms with Crippen LogP contribution in [0, 0.1) is 36.0 Å². The number of aldehydes is 1. The Balaban J connectivity index is 0.797. The van der Waals surface area contributed by atoms with E-state index >= 15 is 0 Å². The Kier molecular flexibility index (Phi) is 16.9. The van der Waals surface area contributed by atoms with E-state index in [4.69, 9.17) is 10.2 Å². The van der Waals surface area contributed by atoms with Crippen molar-refractivity contribution in [3.8, 4) is 6.07 Å². The normalized spacial score (nSPS) is 19.8. The predicted octanol–water partition coefficient (Wildman–Crippen LogP) is 5.72. The second-order valence-electron chi connectivity index (χ2n) is 19.0. The van der Waals surface area contributed by atoms with Crippen LogP contribution in [-0.4, -0.2) is 140 Å². The van der Waals surface area contributed by atoms with Gasteiger partial charge in [-0.15, -0.1) is 0 Å². The maximum absolute atomic E-state index is 13.5. The number of nitrogens with one attached hydrogen (secondary N) is 2. The molecule has 1 aromatic carbocycles. The molecule has 68 heavy (non-hydrogen) atoms. The van der Waals surface area contributed by atoms with Gasteiger partial charge in [0, 0.05) is 103 Å². The highest BCUT2D eigenvalue weighted by Gasteiger charge is 2.36. The van der Waals surface area contributed by atoms with Crippen LogP contribution in [0.3, 0.4) is 0 Å². The zero-order valence-electron chi connectivity index (χ0n) is 39.6. The first-order valence-corrected chi connectivity index (χ1v) is 24.2. The van der Waals surface area contributed by atoms with E-state index in [9.17, 15) is 32.3 Å². The first-order chi connectivity index (χ1) is 32.8. The maximum atomic E-state index is 13.5. The number of likely N-dealkylation sites (N-methyl/N-ethyl adjacent to an activating group) is 1. The Bertz CT molecular complexity index is 2230. The van der Waals surface area contributed by atoms with Crippen LogP contribution in [0.25, 0.3) is 0 Å². The third-order valence-corrected chi connectivity index (χ3v) is 14.6. The summed E-state index contributed by atoms with van der Waals surface area (Å²) in [5, 5.41) is 14.7. The summed E-state index contributed by atoms with van der Waals surface area (Å²) >= 11 is 0. The number of piperazine rings is 1. The fourth-order valence-corrected chi connectivity index (χ4v) is 10.4. The molecule has 2 atom stereocenters. The lowest BCUT2D eigenvalue weighted by molar-refractivity contribution is -0.137. The van der Waals surface area contributed by atoms with Gasteiger partial charge in [-0.3, -0.25) is 19.3 Å². The minimum absolute atomic E-state index is 0.143. The Morgan fingerprint density at radius 1 is 0.882 bits per heavy atom. The number of piperidine rings is 3. The molecule has 2 N–H and O–H groups in total. The van der Waals surface area contributed by atoms with Crippen LogP contribution in [0.1, 0.15) is 80.7 Å². The van der Waals surface area contributed by atoms with E-state index in [1.165, 1.54) is 24.1 Å². The second-order valence-corrected chi connectivity index (χ2v) is 19.0. The van der Waals surface area contributed by atoms with Crippen molar-refractivity contribution >= 4 is 47.5 Å². The van der Waals surface area contributed by atoms with E-state index < -0.39 is 23.3 Å².